The van der Waals surface area contributed by atoms with Crippen LogP contribution >= 0.6 is 0 Å². The summed E-state index contributed by atoms with van der Waals surface area (Å²) in [5.41, 5.74) is -0.400. The monoisotopic (exact) mass is 439 g/mol. The molecule has 32 heavy (non-hydrogen) atoms. The van der Waals surface area contributed by atoms with Crippen molar-refractivity contribution in [2.45, 2.75) is 56.8 Å². The standard InChI is InChI=1S/C25H33N3O4/c29-19-26-12-7-13-27(15-14-26)22(30)16-25(21-10-5-2-6-11-21)17-23(31)28(24(25)32)18-20-8-3-1-4-9-20/h2,5-6,10-11,19-20H,1,3-4,7-9,12-18H2. The fourth-order valence-electron chi connectivity index (χ4n) is 5.50. The van der Waals surface area contributed by atoms with Crippen LogP contribution in [0.25, 0.3) is 0 Å². The van der Waals surface area contributed by atoms with Gasteiger partial charge in [-0.3, -0.25) is 24.1 Å². The molecule has 1 aromatic rings. The predicted molar refractivity (Wildman–Crippen MR) is 119 cm³/mol. The molecule has 0 bridgehead atoms. The topological polar surface area (TPSA) is 78.0 Å². The highest BCUT2D eigenvalue weighted by Gasteiger charge is 2.54. The number of amides is 4. The molecule has 7 nitrogen and oxygen atoms in total. The van der Waals surface area contributed by atoms with Crippen molar-refractivity contribution in [1.29, 1.82) is 0 Å². The zero-order valence-corrected chi connectivity index (χ0v) is 18.7. The van der Waals surface area contributed by atoms with Crippen LogP contribution in [0.15, 0.2) is 30.3 Å². The molecule has 0 aromatic heterocycles. The summed E-state index contributed by atoms with van der Waals surface area (Å²) >= 11 is 0. The third-order valence-corrected chi connectivity index (χ3v) is 7.39. The number of imide groups is 1. The number of carbonyl (C=O) groups excluding carboxylic acids is 4. The van der Waals surface area contributed by atoms with Crippen molar-refractivity contribution in [1.82, 2.24) is 14.7 Å². The van der Waals surface area contributed by atoms with Crippen LogP contribution in [0.5, 0.6) is 0 Å². The zero-order chi connectivity index (χ0) is 22.6. The van der Waals surface area contributed by atoms with Crippen LogP contribution in [0, 0.1) is 5.92 Å². The molecule has 3 aliphatic rings. The highest BCUT2D eigenvalue weighted by atomic mass is 16.2. The lowest BCUT2D eigenvalue weighted by atomic mass is 9.75. The predicted octanol–water partition coefficient (Wildman–Crippen LogP) is 2.34. The molecule has 4 rings (SSSR count). The average Bonchev–Trinajstić information content (AvgIpc) is 2.98. The van der Waals surface area contributed by atoms with Crippen molar-refractivity contribution in [2.75, 3.05) is 32.7 Å². The molecule has 0 radical (unpaired) electrons. The van der Waals surface area contributed by atoms with Gasteiger partial charge in [-0.05, 0) is 30.7 Å². The largest absolute Gasteiger partial charge is 0.343 e. The summed E-state index contributed by atoms with van der Waals surface area (Å²) in [6.45, 7) is 2.61. The van der Waals surface area contributed by atoms with E-state index in [0.717, 1.165) is 37.7 Å². The van der Waals surface area contributed by atoms with Gasteiger partial charge < -0.3 is 9.80 Å². The van der Waals surface area contributed by atoms with Crippen LogP contribution < -0.4 is 0 Å². The third kappa shape index (κ3) is 4.57. The fraction of sp³-hybridized carbons (Fsp3) is 0.600. The molecule has 1 unspecified atom stereocenters. The second-order valence-corrected chi connectivity index (χ2v) is 9.49. The van der Waals surface area contributed by atoms with Gasteiger partial charge in [0.2, 0.25) is 24.1 Å². The second kappa shape index (κ2) is 9.84. The molecule has 7 heteroatoms. The molecule has 172 valence electrons. The summed E-state index contributed by atoms with van der Waals surface area (Å²) in [7, 11) is 0. The van der Waals surface area contributed by atoms with Gasteiger partial charge in [-0.15, -0.1) is 0 Å². The lowest BCUT2D eigenvalue weighted by molar-refractivity contribution is -0.143. The van der Waals surface area contributed by atoms with E-state index in [2.05, 4.69) is 0 Å². The number of nitrogens with zero attached hydrogens (tertiary/aromatic N) is 3. The molecule has 2 saturated heterocycles. The normalized spacial score (nSPS) is 25.2. The first-order chi connectivity index (χ1) is 15.5. The van der Waals surface area contributed by atoms with Gasteiger partial charge in [-0.1, -0.05) is 49.6 Å². The minimum Gasteiger partial charge on any atom is -0.343 e. The fourth-order valence-corrected chi connectivity index (χ4v) is 5.50. The molecule has 1 atom stereocenters. The van der Waals surface area contributed by atoms with Gasteiger partial charge in [0.25, 0.3) is 0 Å². The molecule has 0 spiro atoms. The Kier molecular flexibility index (Phi) is 6.92. The average molecular weight is 440 g/mol. The van der Waals surface area contributed by atoms with Crippen molar-refractivity contribution >= 4 is 24.1 Å². The Morgan fingerprint density at radius 3 is 2.44 bits per heavy atom. The van der Waals surface area contributed by atoms with Gasteiger partial charge in [0, 0.05) is 45.6 Å². The Labute approximate surface area is 189 Å². The van der Waals surface area contributed by atoms with E-state index in [1.165, 1.54) is 11.3 Å². The highest BCUT2D eigenvalue weighted by Crippen LogP contribution is 2.41. The van der Waals surface area contributed by atoms with E-state index in [-0.39, 0.29) is 30.6 Å². The van der Waals surface area contributed by atoms with Crippen LogP contribution in [0.4, 0.5) is 0 Å². The Morgan fingerprint density at radius 1 is 0.969 bits per heavy atom. The van der Waals surface area contributed by atoms with E-state index in [9.17, 15) is 19.2 Å². The first kappa shape index (κ1) is 22.5. The van der Waals surface area contributed by atoms with Crippen LogP contribution in [0.1, 0.15) is 56.9 Å². The summed E-state index contributed by atoms with van der Waals surface area (Å²) < 4.78 is 0. The molecule has 1 aromatic carbocycles. The van der Waals surface area contributed by atoms with Gasteiger partial charge in [-0.2, -0.15) is 0 Å². The smallest absolute Gasteiger partial charge is 0.240 e. The molecule has 2 aliphatic heterocycles. The third-order valence-electron chi connectivity index (χ3n) is 7.39. The summed E-state index contributed by atoms with van der Waals surface area (Å²) in [6, 6.07) is 9.31. The lowest BCUT2D eigenvalue weighted by Gasteiger charge is -2.31. The number of hydrogen-bond donors (Lipinski definition) is 0. The van der Waals surface area contributed by atoms with Gasteiger partial charge >= 0.3 is 0 Å². The van der Waals surface area contributed by atoms with E-state index in [4.69, 9.17) is 0 Å². The minimum atomic E-state index is -1.14. The van der Waals surface area contributed by atoms with Crippen LogP contribution in [0.2, 0.25) is 0 Å². The number of rotatable bonds is 6. The number of likely N-dealkylation sites (tertiary alicyclic amines) is 1. The summed E-state index contributed by atoms with van der Waals surface area (Å²) in [5, 5.41) is 0. The Morgan fingerprint density at radius 2 is 1.72 bits per heavy atom. The summed E-state index contributed by atoms with van der Waals surface area (Å²) in [5.74, 6) is -0.154. The Balaban J connectivity index is 1.56. The van der Waals surface area contributed by atoms with E-state index < -0.39 is 5.41 Å². The maximum Gasteiger partial charge on any atom is 0.240 e. The quantitative estimate of drug-likeness (QED) is 0.504. The SMILES string of the molecule is O=CN1CCCN(C(=O)CC2(c3ccccc3)CC(=O)N(CC3CCCCC3)C2=O)CC1. The molecule has 1 saturated carbocycles. The van der Waals surface area contributed by atoms with Crippen molar-refractivity contribution in [3.63, 3.8) is 0 Å². The second-order valence-electron chi connectivity index (χ2n) is 9.49. The van der Waals surface area contributed by atoms with Gasteiger partial charge in [0.15, 0.2) is 0 Å². The zero-order valence-electron chi connectivity index (χ0n) is 18.7. The summed E-state index contributed by atoms with van der Waals surface area (Å²) in [4.78, 5) is 56.2. The van der Waals surface area contributed by atoms with Gasteiger partial charge in [0.1, 0.15) is 0 Å². The first-order valence-electron chi connectivity index (χ1n) is 11.9. The van der Waals surface area contributed by atoms with Crippen LogP contribution in [0.3, 0.4) is 0 Å². The molecule has 0 N–H and O–H groups in total. The van der Waals surface area contributed by atoms with Crippen molar-refractivity contribution in [3.8, 4) is 0 Å². The Bertz CT molecular complexity index is 852. The summed E-state index contributed by atoms with van der Waals surface area (Å²) in [6.07, 6.45) is 7.19. The van der Waals surface area contributed by atoms with Gasteiger partial charge in [-0.25, -0.2) is 0 Å². The molecule has 3 fully saturated rings. The molecule has 2 heterocycles. The van der Waals surface area contributed by atoms with E-state index in [1.807, 2.05) is 30.3 Å². The maximum absolute atomic E-state index is 13.8. The number of benzene rings is 1. The molecule has 1 aliphatic carbocycles. The molecular weight excluding hydrogens is 406 g/mol. The van der Waals surface area contributed by atoms with E-state index >= 15 is 0 Å². The minimum absolute atomic E-state index is 0.0101. The Hall–Kier alpha value is -2.70. The maximum atomic E-state index is 13.8. The first-order valence-corrected chi connectivity index (χ1v) is 11.9. The number of carbonyl (C=O) groups is 4. The van der Waals surface area contributed by atoms with Crippen molar-refractivity contribution in [2.24, 2.45) is 5.92 Å². The highest BCUT2D eigenvalue weighted by molar-refractivity contribution is 6.10. The van der Waals surface area contributed by atoms with Crippen LogP contribution in [-0.2, 0) is 24.6 Å². The van der Waals surface area contributed by atoms with E-state index in [1.54, 1.807) is 9.80 Å². The van der Waals surface area contributed by atoms with E-state index in [0.29, 0.717) is 45.1 Å². The molecule has 4 amide bonds. The van der Waals surface area contributed by atoms with Gasteiger partial charge in [0.05, 0.1) is 5.41 Å². The lowest BCUT2D eigenvalue weighted by Crippen LogP contribution is -2.45. The van der Waals surface area contributed by atoms with Crippen molar-refractivity contribution < 1.29 is 19.2 Å². The van der Waals surface area contributed by atoms with Crippen LogP contribution in [-0.4, -0.2) is 71.6 Å². The number of hydrogen-bond acceptors (Lipinski definition) is 4. The van der Waals surface area contributed by atoms with Crippen molar-refractivity contribution in [3.05, 3.63) is 35.9 Å². The molecular formula is C25H33N3O4.